The summed E-state index contributed by atoms with van der Waals surface area (Å²) in [6.07, 6.45) is 0.549. The number of fused-ring (bicyclic) bond motifs is 1. The lowest BCUT2D eigenvalue weighted by Gasteiger charge is -2.28. The molecule has 3 heterocycles. The number of halogens is 2. The summed E-state index contributed by atoms with van der Waals surface area (Å²) >= 11 is 0. The third kappa shape index (κ3) is 4.82. The summed E-state index contributed by atoms with van der Waals surface area (Å²) in [5.41, 5.74) is 1.11. The molecule has 9 heteroatoms. The van der Waals surface area contributed by atoms with Gasteiger partial charge in [-0.15, -0.1) is 0 Å². The molecular formula is C23H30F2N6O. The highest BCUT2D eigenvalue weighted by Gasteiger charge is 2.23. The van der Waals surface area contributed by atoms with Gasteiger partial charge in [-0.1, -0.05) is 38.8 Å². The molecule has 0 aliphatic carbocycles. The van der Waals surface area contributed by atoms with E-state index in [1.54, 1.807) is 24.3 Å². The van der Waals surface area contributed by atoms with Gasteiger partial charge in [-0.05, 0) is 24.5 Å². The van der Waals surface area contributed by atoms with E-state index in [1.807, 2.05) is 6.07 Å². The number of hydrogen-bond donors (Lipinski definition) is 1. The number of para-hydroxylation sites is 2. The fourth-order valence-corrected chi connectivity index (χ4v) is 4.10. The minimum atomic E-state index is -2.73. The molecule has 1 aromatic carbocycles. The quantitative estimate of drug-likeness (QED) is 0.510. The van der Waals surface area contributed by atoms with Crippen LogP contribution in [0.1, 0.15) is 45.4 Å². The molecule has 2 aromatic heterocycles. The van der Waals surface area contributed by atoms with E-state index in [0.29, 0.717) is 60.8 Å². The van der Waals surface area contributed by atoms with E-state index < -0.39 is 6.43 Å². The number of morpholine rings is 1. The molecule has 7 nitrogen and oxygen atoms in total. The van der Waals surface area contributed by atoms with Crippen LogP contribution < -0.4 is 10.2 Å². The van der Waals surface area contributed by atoms with Gasteiger partial charge in [-0.25, -0.2) is 13.8 Å². The Labute approximate surface area is 186 Å². The lowest BCUT2D eigenvalue weighted by atomic mass is 10.0. The van der Waals surface area contributed by atoms with Crippen LogP contribution in [0.4, 0.5) is 20.5 Å². The van der Waals surface area contributed by atoms with E-state index in [2.05, 4.69) is 34.0 Å². The lowest BCUT2D eigenvalue weighted by molar-refractivity contribution is 0.122. The lowest BCUT2D eigenvalue weighted by Crippen LogP contribution is -2.37. The number of nitrogens with one attached hydrogen (secondary N) is 1. The van der Waals surface area contributed by atoms with E-state index in [9.17, 15) is 8.78 Å². The Morgan fingerprint density at radius 3 is 2.53 bits per heavy atom. The highest BCUT2D eigenvalue weighted by molar-refractivity contribution is 5.78. The molecule has 1 unspecified atom stereocenters. The number of ether oxygens (including phenoxy) is 1. The molecule has 1 fully saturated rings. The third-order valence-corrected chi connectivity index (χ3v) is 5.87. The van der Waals surface area contributed by atoms with Crippen molar-refractivity contribution in [3.8, 4) is 5.82 Å². The molecule has 0 spiro atoms. The van der Waals surface area contributed by atoms with Crippen LogP contribution in [0.25, 0.3) is 16.9 Å². The van der Waals surface area contributed by atoms with Gasteiger partial charge in [0.05, 0.1) is 24.2 Å². The van der Waals surface area contributed by atoms with E-state index in [1.165, 1.54) is 4.57 Å². The van der Waals surface area contributed by atoms with Crippen molar-refractivity contribution in [3.63, 3.8) is 0 Å². The molecule has 1 aliphatic heterocycles. The summed E-state index contributed by atoms with van der Waals surface area (Å²) in [5.74, 6) is 1.71. The van der Waals surface area contributed by atoms with Crippen molar-refractivity contribution in [2.75, 3.05) is 43.1 Å². The SMILES string of the molecule is CCCC(CC)CNc1nc(N2CCOCC2)cc(-n2c(C(F)F)nc3ccccc32)n1. The van der Waals surface area contributed by atoms with Gasteiger partial charge in [-0.2, -0.15) is 9.97 Å². The molecule has 4 rings (SSSR count). The molecule has 0 bridgehead atoms. The molecule has 1 aliphatic rings. The van der Waals surface area contributed by atoms with Crippen molar-refractivity contribution < 1.29 is 13.5 Å². The van der Waals surface area contributed by atoms with E-state index >= 15 is 0 Å². The molecular weight excluding hydrogens is 414 g/mol. The predicted octanol–water partition coefficient (Wildman–Crippen LogP) is 4.83. The minimum Gasteiger partial charge on any atom is -0.378 e. The van der Waals surface area contributed by atoms with Crippen LogP contribution >= 0.6 is 0 Å². The maximum Gasteiger partial charge on any atom is 0.296 e. The number of aromatic nitrogens is 4. The smallest absolute Gasteiger partial charge is 0.296 e. The van der Waals surface area contributed by atoms with Crippen molar-refractivity contribution in [1.82, 2.24) is 19.5 Å². The summed E-state index contributed by atoms with van der Waals surface area (Å²) < 4.78 is 34.8. The van der Waals surface area contributed by atoms with Gasteiger partial charge < -0.3 is 15.0 Å². The first-order valence-corrected chi connectivity index (χ1v) is 11.3. The van der Waals surface area contributed by atoms with Gasteiger partial charge in [-0.3, -0.25) is 4.57 Å². The maximum absolute atomic E-state index is 13.9. The Hall–Kier alpha value is -2.81. The molecule has 1 atom stereocenters. The molecule has 1 N–H and O–H groups in total. The molecule has 0 saturated carbocycles. The number of nitrogens with zero attached hydrogens (tertiary/aromatic N) is 5. The molecule has 32 heavy (non-hydrogen) atoms. The number of rotatable bonds is 9. The maximum atomic E-state index is 13.9. The summed E-state index contributed by atoms with van der Waals surface area (Å²) in [5, 5.41) is 3.36. The van der Waals surface area contributed by atoms with Crippen LogP contribution in [-0.2, 0) is 4.74 Å². The molecule has 1 saturated heterocycles. The van der Waals surface area contributed by atoms with Gasteiger partial charge >= 0.3 is 0 Å². The number of anilines is 2. The average molecular weight is 445 g/mol. The first kappa shape index (κ1) is 22.4. The van der Waals surface area contributed by atoms with Gasteiger partial charge in [0, 0.05) is 25.7 Å². The fourth-order valence-electron chi connectivity index (χ4n) is 4.10. The zero-order valence-electron chi connectivity index (χ0n) is 18.6. The summed E-state index contributed by atoms with van der Waals surface area (Å²) in [6.45, 7) is 7.67. The Kier molecular flexibility index (Phi) is 7.14. The van der Waals surface area contributed by atoms with Gasteiger partial charge in [0.1, 0.15) is 11.6 Å². The Balaban J connectivity index is 1.77. The van der Waals surface area contributed by atoms with E-state index in [0.717, 1.165) is 25.8 Å². The number of alkyl halides is 2. The second-order valence-electron chi connectivity index (χ2n) is 8.05. The topological polar surface area (TPSA) is 68.1 Å². The van der Waals surface area contributed by atoms with Gasteiger partial charge in [0.15, 0.2) is 5.82 Å². The van der Waals surface area contributed by atoms with Crippen LogP contribution in [-0.4, -0.2) is 52.4 Å². The van der Waals surface area contributed by atoms with Gasteiger partial charge in [0.25, 0.3) is 6.43 Å². The fraction of sp³-hybridized carbons (Fsp3) is 0.522. The third-order valence-electron chi connectivity index (χ3n) is 5.87. The second-order valence-corrected chi connectivity index (χ2v) is 8.05. The van der Waals surface area contributed by atoms with Crippen molar-refractivity contribution in [2.24, 2.45) is 5.92 Å². The van der Waals surface area contributed by atoms with Crippen LogP contribution in [0.3, 0.4) is 0 Å². The first-order chi connectivity index (χ1) is 15.6. The van der Waals surface area contributed by atoms with Gasteiger partial charge in [0.2, 0.25) is 5.95 Å². The molecule has 0 radical (unpaired) electrons. The van der Waals surface area contributed by atoms with E-state index in [-0.39, 0.29) is 5.82 Å². The highest BCUT2D eigenvalue weighted by Crippen LogP contribution is 2.29. The Morgan fingerprint density at radius 1 is 1.06 bits per heavy atom. The van der Waals surface area contributed by atoms with Crippen LogP contribution in [0.15, 0.2) is 30.3 Å². The zero-order chi connectivity index (χ0) is 22.5. The average Bonchev–Trinajstić information content (AvgIpc) is 3.22. The predicted molar refractivity (Wildman–Crippen MR) is 122 cm³/mol. The summed E-state index contributed by atoms with van der Waals surface area (Å²) in [7, 11) is 0. The number of hydrogen-bond acceptors (Lipinski definition) is 6. The summed E-state index contributed by atoms with van der Waals surface area (Å²) in [6, 6.07) is 8.89. The van der Waals surface area contributed by atoms with Crippen molar-refractivity contribution >= 4 is 22.8 Å². The van der Waals surface area contributed by atoms with Crippen molar-refractivity contribution in [3.05, 3.63) is 36.2 Å². The monoisotopic (exact) mass is 444 g/mol. The number of benzene rings is 1. The molecule has 0 amide bonds. The first-order valence-electron chi connectivity index (χ1n) is 11.3. The highest BCUT2D eigenvalue weighted by atomic mass is 19.3. The van der Waals surface area contributed by atoms with E-state index in [4.69, 9.17) is 9.72 Å². The molecule has 3 aromatic rings. The summed E-state index contributed by atoms with van der Waals surface area (Å²) in [4.78, 5) is 15.6. The second kappa shape index (κ2) is 10.2. The Morgan fingerprint density at radius 2 is 1.81 bits per heavy atom. The van der Waals surface area contributed by atoms with Crippen LogP contribution in [0.5, 0.6) is 0 Å². The Bertz CT molecular complexity index is 1030. The number of imidazole rings is 1. The minimum absolute atomic E-state index is 0.318. The largest absolute Gasteiger partial charge is 0.378 e. The molecule has 172 valence electrons. The normalized spacial score (nSPS) is 15.5. The zero-order valence-corrected chi connectivity index (χ0v) is 18.6. The van der Waals surface area contributed by atoms with Crippen molar-refractivity contribution in [2.45, 2.75) is 39.5 Å². The van der Waals surface area contributed by atoms with Crippen LogP contribution in [0, 0.1) is 5.92 Å². The standard InChI is InChI=1S/C23H30F2N6O/c1-3-7-16(4-2)15-26-23-28-19(30-10-12-32-13-11-30)14-20(29-23)31-18-9-6-5-8-17(18)27-22(31)21(24)25/h5-6,8-9,14,16,21H,3-4,7,10-13,15H2,1-2H3,(H,26,28,29). The van der Waals surface area contributed by atoms with Crippen molar-refractivity contribution in [1.29, 1.82) is 0 Å². The van der Waals surface area contributed by atoms with Crippen LogP contribution in [0.2, 0.25) is 0 Å².